The Morgan fingerprint density at radius 2 is 1.54 bits per heavy atom. The van der Waals surface area contributed by atoms with Crippen LogP contribution in [0.5, 0.6) is 5.75 Å². The molecule has 214 valence electrons. The monoisotopic (exact) mass is 548 g/mol. The van der Waals surface area contributed by atoms with Crippen molar-refractivity contribution in [1.82, 2.24) is 10.2 Å². The highest BCUT2D eigenvalue weighted by Crippen LogP contribution is 2.33. The van der Waals surface area contributed by atoms with Gasteiger partial charge in [-0.15, -0.1) is 0 Å². The molecule has 4 amide bonds. The molecular weight excluding hydrogens is 512 g/mol. The maximum absolute atomic E-state index is 13.1. The first-order valence-corrected chi connectivity index (χ1v) is 13.2. The Balaban J connectivity index is 1.31. The highest BCUT2D eigenvalue weighted by atomic mass is 16.6. The normalized spacial score (nSPS) is 16.9. The van der Waals surface area contributed by atoms with Crippen LogP contribution in [-0.2, 0) is 33.3 Å². The van der Waals surface area contributed by atoms with Gasteiger partial charge in [0.1, 0.15) is 18.4 Å². The van der Waals surface area contributed by atoms with E-state index in [-0.39, 0.29) is 48.5 Å². The lowest BCUT2D eigenvalue weighted by Crippen LogP contribution is -2.54. The summed E-state index contributed by atoms with van der Waals surface area (Å²) in [5, 5.41) is 2.16. The van der Waals surface area contributed by atoms with Gasteiger partial charge in [0, 0.05) is 26.1 Å². The maximum atomic E-state index is 13.1. The van der Waals surface area contributed by atoms with Gasteiger partial charge in [-0.05, 0) is 31.4 Å². The third kappa shape index (κ3) is 8.92. The van der Waals surface area contributed by atoms with E-state index >= 15 is 0 Å². The molecule has 39 heavy (non-hydrogen) atoms. The highest BCUT2D eigenvalue weighted by molar-refractivity contribution is 6.24. The third-order valence-electron chi connectivity index (χ3n) is 6.03. The molecule has 0 aliphatic carbocycles. The molecule has 1 N–H and O–H groups in total. The number of rotatable bonds is 19. The van der Waals surface area contributed by atoms with E-state index in [4.69, 9.17) is 23.7 Å². The molecule has 0 bridgehead atoms. The van der Waals surface area contributed by atoms with Crippen molar-refractivity contribution in [2.75, 3.05) is 59.5 Å². The van der Waals surface area contributed by atoms with Crippen LogP contribution in [0.15, 0.2) is 18.2 Å². The number of ketones is 1. The van der Waals surface area contributed by atoms with Gasteiger partial charge >= 0.3 is 0 Å². The molecule has 2 aliphatic rings. The Morgan fingerprint density at radius 3 is 2.18 bits per heavy atom. The summed E-state index contributed by atoms with van der Waals surface area (Å²) >= 11 is 0. The van der Waals surface area contributed by atoms with E-state index in [9.17, 15) is 24.0 Å². The van der Waals surface area contributed by atoms with Gasteiger partial charge in [0.25, 0.3) is 11.8 Å². The maximum Gasteiger partial charge on any atom is 0.266 e. The Morgan fingerprint density at radius 1 is 0.897 bits per heavy atom. The molecule has 1 aromatic rings. The van der Waals surface area contributed by atoms with Crippen LogP contribution in [0, 0.1) is 0 Å². The molecule has 1 aromatic carbocycles. The average Bonchev–Trinajstić information content (AvgIpc) is 3.17. The molecule has 2 aliphatic heterocycles. The fourth-order valence-electron chi connectivity index (χ4n) is 4.11. The van der Waals surface area contributed by atoms with E-state index in [0.717, 1.165) is 17.9 Å². The first-order chi connectivity index (χ1) is 18.9. The summed E-state index contributed by atoms with van der Waals surface area (Å²) in [6.07, 6.45) is 1.79. The molecule has 1 fully saturated rings. The van der Waals surface area contributed by atoms with E-state index < -0.39 is 29.7 Å². The SMILES string of the molecule is CCCOCCOCCOCCOCCCC(=O)COc1cccc2c1C(=O)N(C1CCC(=O)NC1=O)C2=O. The topological polar surface area (TPSA) is 147 Å². The fourth-order valence-corrected chi connectivity index (χ4v) is 4.11. The van der Waals surface area contributed by atoms with Gasteiger partial charge in [0.05, 0.1) is 50.8 Å². The second-order valence-electron chi connectivity index (χ2n) is 9.01. The average molecular weight is 549 g/mol. The van der Waals surface area contributed by atoms with Crippen LogP contribution in [-0.4, -0.2) is 99.8 Å². The first-order valence-electron chi connectivity index (χ1n) is 13.2. The number of imide groups is 2. The van der Waals surface area contributed by atoms with Gasteiger partial charge in [0.15, 0.2) is 5.78 Å². The van der Waals surface area contributed by atoms with Crippen LogP contribution in [0.4, 0.5) is 0 Å². The van der Waals surface area contributed by atoms with E-state index in [1.165, 1.54) is 12.1 Å². The molecule has 0 spiro atoms. The van der Waals surface area contributed by atoms with E-state index in [0.29, 0.717) is 52.7 Å². The second kappa shape index (κ2) is 16.0. The minimum Gasteiger partial charge on any atom is -0.485 e. The number of hydrogen-bond donors (Lipinski definition) is 1. The van der Waals surface area contributed by atoms with Gasteiger partial charge in [-0.3, -0.25) is 34.2 Å². The molecule has 2 heterocycles. The second-order valence-corrected chi connectivity index (χ2v) is 9.01. The molecule has 1 unspecified atom stereocenters. The molecule has 1 saturated heterocycles. The molecule has 0 saturated carbocycles. The van der Waals surface area contributed by atoms with Crippen molar-refractivity contribution in [1.29, 1.82) is 0 Å². The standard InChI is InChI=1S/C27H36N2O10/c1-2-10-35-12-14-37-16-17-38-15-13-36-11-4-5-19(30)18-39-22-7-3-6-20-24(22)27(34)29(26(20)33)21-8-9-23(31)28-25(21)32/h3,6-7,21H,2,4-5,8-18H2,1H3,(H,28,31,32). The fraction of sp³-hybridized carbons (Fsp3) is 0.593. The van der Waals surface area contributed by atoms with Gasteiger partial charge in [0.2, 0.25) is 11.8 Å². The summed E-state index contributed by atoms with van der Waals surface area (Å²) in [5.41, 5.74) is 0.108. The lowest BCUT2D eigenvalue weighted by molar-refractivity contribution is -0.136. The number of carbonyl (C=O) groups is 5. The van der Waals surface area contributed by atoms with Crippen molar-refractivity contribution in [3.05, 3.63) is 29.3 Å². The lowest BCUT2D eigenvalue weighted by Gasteiger charge is -2.27. The number of benzene rings is 1. The number of nitrogens with zero attached hydrogens (tertiary/aromatic N) is 1. The summed E-state index contributed by atoms with van der Waals surface area (Å²) < 4.78 is 27.2. The van der Waals surface area contributed by atoms with Crippen molar-refractivity contribution in [3.63, 3.8) is 0 Å². The number of amides is 4. The number of carbonyl (C=O) groups excluding carboxylic acids is 5. The van der Waals surface area contributed by atoms with Crippen molar-refractivity contribution in [2.24, 2.45) is 0 Å². The lowest BCUT2D eigenvalue weighted by atomic mass is 10.0. The predicted octanol–water partition coefficient (Wildman–Crippen LogP) is 1.29. The van der Waals surface area contributed by atoms with Crippen LogP contribution < -0.4 is 10.1 Å². The number of Topliss-reactive ketones (excluding diaryl/α,β-unsaturated/α-hetero) is 1. The highest BCUT2D eigenvalue weighted by Gasteiger charge is 2.46. The van der Waals surface area contributed by atoms with Gasteiger partial charge < -0.3 is 23.7 Å². The summed E-state index contributed by atoms with van der Waals surface area (Å²) in [4.78, 5) is 62.7. The van der Waals surface area contributed by atoms with Crippen molar-refractivity contribution in [2.45, 2.75) is 45.1 Å². The Hall–Kier alpha value is -3.19. The predicted molar refractivity (Wildman–Crippen MR) is 136 cm³/mol. The van der Waals surface area contributed by atoms with Crippen LogP contribution >= 0.6 is 0 Å². The first kappa shape index (κ1) is 30.4. The van der Waals surface area contributed by atoms with Gasteiger partial charge in [-0.2, -0.15) is 0 Å². The van der Waals surface area contributed by atoms with Crippen molar-refractivity contribution >= 4 is 29.4 Å². The summed E-state index contributed by atoms with van der Waals surface area (Å²) in [7, 11) is 0. The third-order valence-corrected chi connectivity index (χ3v) is 6.03. The molecule has 0 radical (unpaired) electrons. The van der Waals surface area contributed by atoms with Crippen molar-refractivity contribution < 1.29 is 47.7 Å². The smallest absolute Gasteiger partial charge is 0.266 e. The Kier molecular flexibility index (Phi) is 12.5. The van der Waals surface area contributed by atoms with Crippen LogP contribution in [0.3, 0.4) is 0 Å². The van der Waals surface area contributed by atoms with Gasteiger partial charge in [-0.1, -0.05) is 13.0 Å². The van der Waals surface area contributed by atoms with Gasteiger partial charge in [-0.25, -0.2) is 0 Å². The van der Waals surface area contributed by atoms with E-state index in [1.807, 2.05) is 0 Å². The summed E-state index contributed by atoms with van der Waals surface area (Å²) in [6.45, 7) is 5.80. The molecule has 1 atom stereocenters. The summed E-state index contributed by atoms with van der Waals surface area (Å²) in [5.74, 6) is -2.54. The number of ether oxygens (including phenoxy) is 5. The molecule has 3 rings (SSSR count). The zero-order valence-electron chi connectivity index (χ0n) is 22.2. The quantitative estimate of drug-likeness (QED) is 0.198. The Labute approximate surface area is 227 Å². The van der Waals surface area contributed by atoms with Crippen LogP contribution in [0.1, 0.15) is 59.7 Å². The van der Waals surface area contributed by atoms with Crippen molar-refractivity contribution in [3.8, 4) is 5.75 Å². The minimum absolute atomic E-state index is 0.0126. The summed E-state index contributed by atoms with van der Waals surface area (Å²) in [6, 6.07) is 3.44. The molecular formula is C27H36N2O10. The largest absolute Gasteiger partial charge is 0.485 e. The molecule has 12 heteroatoms. The number of nitrogens with one attached hydrogen (secondary N) is 1. The minimum atomic E-state index is -1.07. The number of hydrogen-bond acceptors (Lipinski definition) is 10. The van der Waals surface area contributed by atoms with Crippen LogP contribution in [0.25, 0.3) is 0 Å². The number of fused-ring (bicyclic) bond motifs is 1. The zero-order chi connectivity index (χ0) is 28.0. The van der Waals surface area contributed by atoms with E-state index in [2.05, 4.69) is 12.2 Å². The van der Waals surface area contributed by atoms with Crippen LogP contribution in [0.2, 0.25) is 0 Å². The molecule has 12 nitrogen and oxygen atoms in total. The number of piperidine rings is 1. The Bertz CT molecular complexity index is 1030. The van der Waals surface area contributed by atoms with E-state index in [1.54, 1.807) is 6.07 Å². The zero-order valence-corrected chi connectivity index (χ0v) is 22.2. The molecule has 0 aromatic heterocycles.